The lowest BCUT2D eigenvalue weighted by atomic mass is 9.90. The van der Waals surface area contributed by atoms with Crippen LogP contribution in [0.25, 0.3) is 66.8 Å². The quantitative estimate of drug-likeness (QED) is 0.0416. The minimum Gasteiger partial charge on any atom is -0.508 e. The molecule has 5 aliphatic rings. The van der Waals surface area contributed by atoms with Gasteiger partial charge < -0.3 is 34.0 Å². The van der Waals surface area contributed by atoms with Crippen molar-refractivity contribution in [2.24, 2.45) is 0 Å². The summed E-state index contributed by atoms with van der Waals surface area (Å²) in [5, 5.41) is 14.9. The Morgan fingerprint density at radius 2 is 1.29 bits per heavy atom. The van der Waals surface area contributed by atoms with E-state index in [0.717, 1.165) is 76.7 Å². The van der Waals surface area contributed by atoms with Crippen LogP contribution in [-0.2, 0) is 15.8 Å². The molecule has 12 nitrogen and oxygen atoms in total. The number of nitrogens with zero attached hydrogens (tertiary/aromatic N) is 4. The second-order valence-electron chi connectivity index (χ2n) is 18.2. The van der Waals surface area contributed by atoms with E-state index in [0.29, 0.717) is 48.6 Å². The van der Waals surface area contributed by atoms with E-state index in [9.17, 15) is 37.5 Å². The summed E-state index contributed by atoms with van der Waals surface area (Å²) >= 11 is 0. The van der Waals surface area contributed by atoms with Gasteiger partial charge in [0.1, 0.15) is 41.5 Å². The van der Waals surface area contributed by atoms with Crippen molar-refractivity contribution >= 4 is 72.6 Å². The third-order valence-electron chi connectivity index (χ3n) is 13.7. The number of benzene rings is 6. The number of alkyl halides is 3. The largest absolute Gasteiger partial charge is 0.508 e. The van der Waals surface area contributed by atoms with Gasteiger partial charge in [-0.15, -0.1) is 0 Å². The van der Waals surface area contributed by atoms with E-state index in [-0.39, 0.29) is 64.1 Å². The standard InChI is InChI=1S/C58H56F3N5O7S2/c1-5-63(6-2)37-14-19-44-49(32-37)72-50-33-38(64(7-3)8-4)15-20-45(50)55(44)41-11-9-10-12-42(41)57(71)66-27-25-65(26-28-66)54(70)24-30-75-74-29-23-53(69)62-36-13-18-43(48(31-36)58(59,60)61)56-46-21-16-39(67)34-51(46)73-52-35-40(68)17-22-47(52)56/h9-22,31-35H,5-8,23-30H2,1-4H3,(H-,62,67,68,69)/p+1. The third kappa shape index (κ3) is 11.2. The maximum atomic E-state index is 14.7. The van der Waals surface area contributed by atoms with Crippen molar-refractivity contribution in [2.45, 2.75) is 46.7 Å². The van der Waals surface area contributed by atoms with Crippen molar-refractivity contribution in [1.82, 2.24) is 14.4 Å². The van der Waals surface area contributed by atoms with E-state index < -0.39 is 23.1 Å². The summed E-state index contributed by atoms with van der Waals surface area (Å²) < 4.78 is 59.0. The molecule has 0 spiro atoms. The molecule has 0 radical (unpaired) electrons. The van der Waals surface area contributed by atoms with E-state index in [4.69, 9.17) is 8.83 Å². The van der Waals surface area contributed by atoms with Crippen molar-refractivity contribution in [1.29, 1.82) is 0 Å². The van der Waals surface area contributed by atoms with Crippen LogP contribution in [0.15, 0.2) is 129 Å². The zero-order chi connectivity index (χ0) is 53.0. The van der Waals surface area contributed by atoms with Gasteiger partial charge in [-0.1, -0.05) is 45.9 Å². The van der Waals surface area contributed by atoms with Gasteiger partial charge in [-0.05, 0) is 99.5 Å². The van der Waals surface area contributed by atoms with Gasteiger partial charge in [0.25, 0.3) is 5.91 Å². The fourth-order valence-electron chi connectivity index (χ4n) is 9.93. The summed E-state index contributed by atoms with van der Waals surface area (Å²) in [5.74, 6) is 0.858. The summed E-state index contributed by atoms with van der Waals surface area (Å²) in [6.07, 6.45) is -4.54. The number of nitrogens with one attached hydrogen (secondary N) is 1. The zero-order valence-electron chi connectivity index (χ0n) is 42.1. The molecule has 75 heavy (non-hydrogen) atoms. The SMILES string of the molecule is CCN(CC)c1ccc2c(-c3ccccc3C(=O)N3CCN(C(=O)CCSSCCC(=O)Nc4ccc(-c5c6ccc(=O)cc-6oc6cc(O)ccc56)c(C(F)(F)F)c4)CC3)c3ccc(=[N+](CC)CC)cc-3oc2c1. The first-order valence-electron chi connectivity index (χ1n) is 25.1. The molecular formula is C58H57F3N5O7S2+. The number of rotatable bonds is 16. The Morgan fingerprint density at radius 3 is 1.99 bits per heavy atom. The third-order valence-corrected chi connectivity index (χ3v) is 16.2. The lowest BCUT2D eigenvalue weighted by molar-refractivity contribution is -0.137. The molecule has 0 saturated carbocycles. The van der Waals surface area contributed by atoms with E-state index in [1.807, 2.05) is 29.2 Å². The molecule has 3 aliphatic heterocycles. The fourth-order valence-corrected chi connectivity index (χ4v) is 11.9. The van der Waals surface area contributed by atoms with Crippen LogP contribution in [0, 0.1) is 0 Å². The number of piperazine rings is 1. The number of anilines is 2. The maximum Gasteiger partial charge on any atom is 0.417 e. The molecule has 1 fully saturated rings. The fraction of sp³-hybridized carbons (Fsp3) is 0.293. The normalized spacial score (nSPS) is 13.0. The lowest BCUT2D eigenvalue weighted by Gasteiger charge is -2.35. The number of fused-ring (bicyclic) bond motifs is 4. The number of carbonyl (C=O) groups excluding carboxylic acids is 3. The Kier molecular flexibility index (Phi) is 15.9. The average molecular weight is 1060 g/mol. The molecule has 4 aromatic carbocycles. The number of halogens is 3. The molecule has 9 rings (SSSR count). The van der Waals surface area contributed by atoms with Gasteiger partial charge in [-0.25, -0.2) is 4.58 Å². The minimum atomic E-state index is -4.82. The second-order valence-corrected chi connectivity index (χ2v) is 20.9. The van der Waals surface area contributed by atoms with Crippen LogP contribution < -0.4 is 25.6 Å². The van der Waals surface area contributed by atoms with E-state index >= 15 is 0 Å². The monoisotopic (exact) mass is 1060 g/mol. The van der Waals surface area contributed by atoms with Crippen LogP contribution in [-0.4, -0.2) is 96.5 Å². The molecule has 17 heteroatoms. The van der Waals surface area contributed by atoms with Crippen LogP contribution in [0.1, 0.15) is 56.5 Å². The molecular weight excluding hydrogens is 1000 g/mol. The molecule has 3 heterocycles. The van der Waals surface area contributed by atoms with E-state index in [1.165, 1.54) is 70.1 Å². The van der Waals surface area contributed by atoms with Crippen molar-refractivity contribution in [3.05, 3.63) is 142 Å². The van der Waals surface area contributed by atoms with Crippen molar-refractivity contribution in [2.75, 3.05) is 74.1 Å². The molecule has 3 amide bonds. The number of amides is 3. The van der Waals surface area contributed by atoms with Crippen LogP contribution in [0.5, 0.6) is 5.75 Å². The predicted molar refractivity (Wildman–Crippen MR) is 295 cm³/mol. The summed E-state index contributed by atoms with van der Waals surface area (Å²) in [7, 11) is 2.83. The first-order valence-corrected chi connectivity index (χ1v) is 27.6. The van der Waals surface area contributed by atoms with Gasteiger partial charge in [0.2, 0.25) is 17.2 Å². The number of aromatic hydroxyl groups is 1. The summed E-state index contributed by atoms with van der Waals surface area (Å²) in [6, 6.07) is 31.8. The average Bonchev–Trinajstić information content (AvgIpc) is 3.41. The highest BCUT2D eigenvalue weighted by molar-refractivity contribution is 8.76. The molecule has 2 N–H and O–H groups in total. The lowest BCUT2D eigenvalue weighted by Crippen LogP contribution is -2.50. The Hall–Kier alpha value is -7.24. The highest BCUT2D eigenvalue weighted by atomic mass is 33.1. The predicted octanol–water partition coefficient (Wildman–Crippen LogP) is 11.6. The number of hydrogen-bond acceptors (Lipinski definition) is 10. The molecule has 4 aromatic rings. The van der Waals surface area contributed by atoms with Crippen LogP contribution in [0.3, 0.4) is 0 Å². The van der Waals surface area contributed by atoms with E-state index in [1.54, 1.807) is 4.90 Å². The molecule has 0 atom stereocenters. The highest BCUT2D eigenvalue weighted by Crippen LogP contribution is 2.47. The Bertz CT molecular complexity index is 3500. The van der Waals surface area contributed by atoms with Gasteiger partial charge in [0.15, 0.2) is 5.43 Å². The molecule has 388 valence electrons. The second kappa shape index (κ2) is 22.7. The van der Waals surface area contributed by atoms with E-state index in [2.05, 4.69) is 78.9 Å². The zero-order valence-corrected chi connectivity index (χ0v) is 43.7. The number of carbonyl (C=O) groups is 3. The summed E-state index contributed by atoms with van der Waals surface area (Å²) in [5.41, 5.74) is 3.92. The Balaban J connectivity index is 0.802. The Morgan fingerprint density at radius 1 is 0.680 bits per heavy atom. The van der Waals surface area contributed by atoms with Crippen LogP contribution in [0.4, 0.5) is 24.5 Å². The highest BCUT2D eigenvalue weighted by Gasteiger charge is 2.36. The van der Waals surface area contributed by atoms with Crippen molar-refractivity contribution < 1.29 is 41.5 Å². The smallest absolute Gasteiger partial charge is 0.417 e. The molecule has 0 aromatic heterocycles. The van der Waals surface area contributed by atoms with Gasteiger partial charge in [0.05, 0.1) is 11.6 Å². The molecule has 0 unspecified atom stereocenters. The number of phenols is 1. The van der Waals surface area contributed by atoms with Crippen molar-refractivity contribution in [3.63, 3.8) is 0 Å². The van der Waals surface area contributed by atoms with Gasteiger partial charge >= 0.3 is 6.18 Å². The maximum absolute atomic E-state index is 14.7. The van der Waals surface area contributed by atoms with Crippen molar-refractivity contribution in [3.8, 4) is 50.7 Å². The van der Waals surface area contributed by atoms with Gasteiger partial charge in [-0.2, -0.15) is 13.2 Å². The topological polar surface area (TPSA) is 140 Å². The van der Waals surface area contributed by atoms with Gasteiger partial charge in [-0.3, -0.25) is 19.2 Å². The summed E-state index contributed by atoms with van der Waals surface area (Å²) in [4.78, 5) is 58.9. The van der Waals surface area contributed by atoms with Crippen LogP contribution >= 0.6 is 21.6 Å². The first kappa shape index (κ1) is 52.6. The molecule has 1 saturated heterocycles. The number of hydrogen-bond donors (Lipinski definition) is 2. The summed E-state index contributed by atoms with van der Waals surface area (Å²) in [6.45, 7) is 13.4. The number of phenolic OH excluding ortho intramolecular Hbond substituents is 1. The minimum absolute atomic E-state index is 0.0194. The molecule has 2 aliphatic carbocycles. The molecule has 0 bridgehead atoms. The van der Waals surface area contributed by atoms with Crippen LogP contribution in [0.2, 0.25) is 0 Å². The first-order chi connectivity index (χ1) is 36.2. The Labute approximate surface area is 439 Å². The van der Waals surface area contributed by atoms with Gasteiger partial charge in [0, 0.05) is 138 Å².